The summed E-state index contributed by atoms with van der Waals surface area (Å²) in [6, 6.07) is 2.58. The Hall–Kier alpha value is -0.560. The maximum Gasteiger partial charge on any atom is 0.144 e. The highest BCUT2D eigenvalue weighted by molar-refractivity contribution is 9.10. The van der Waals surface area contributed by atoms with Crippen LogP contribution < -0.4 is 0 Å². The van der Waals surface area contributed by atoms with Gasteiger partial charge in [0.25, 0.3) is 0 Å². The fourth-order valence-corrected chi connectivity index (χ4v) is 2.82. The number of hydrogen-bond donors (Lipinski definition) is 1. The summed E-state index contributed by atoms with van der Waals surface area (Å²) in [6.45, 7) is 1.51. The first-order valence-corrected chi connectivity index (χ1v) is 7.32. The molecule has 1 aromatic rings. The molecular weight excluding hydrogens is 332 g/mol. The summed E-state index contributed by atoms with van der Waals surface area (Å²) >= 11 is 3.05. The van der Waals surface area contributed by atoms with E-state index in [0.29, 0.717) is 32.6 Å². The first-order chi connectivity index (χ1) is 9.41. The second-order valence-corrected chi connectivity index (χ2v) is 6.19. The van der Waals surface area contributed by atoms with E-state index in [-0.39, 0.29) is 16.6 Å². The van der Waals surface area contributed by atoms with Crippen molar-refractivity contribution in [1.82, 2.24) is 4.90 Å². The quantitative estimate of drug-likeness (QED) is 0.848. The summed E-state index contributed by atoms with van der Waals surface area (Å²) in [5, 5.41) is 10.4. The molecule has 1 aromatic carbocycles. The molecule has 0 amide bonds. The largest absolute Gasteiger partial charge is 0.388 e. The minimum absolute atomic E-state index is 0.0116. The highest BCUT2D eigenvalue weighted by Gasteiger charge is 2.31. The minimum atomic E-state index is -0.841. The van der Waals surface area contributed by atoms with Crippen LogP contribution in [0.4, 0.5) is 8.78 Å². The van der Waals surface area contributed by atoms with Crippen molar-refractivity contribution in [3.05, 3.63) is 33.8 Å². The van der Waals surface area contributed by atoms with Crippen LogP contribution in [-0.2, 0) is 11.3 Å². The number of halogens is 3. The van der Waals surface area contributed by atoms with Crippen LogP contribution in [0.5, 0.6) is 0 Å². The lowest BCUT2D eigenvalue weighted by Crippen LogP contribution is -2.45. The van der Waals surface area contributed by atoms with Gasteiger partial charge in [-0.15, -0.1) is 0 Å². The molecule has 1 fully saturated rings. The smallest absolute Gasteiger partial charge is 0.144 e. The van der Waals surface area contributed by atoms with Crippen LogP contribution in [0.15, 0.2) is 16.6 Å². The standard InChI is InChI=1S/C14H18BrF2NO2/c1-18(9-14(19)4-6-20-7-5-14)8-10-12(16)3-2-11(15)13(10)17/h2-3,19H,4-9H2,1H3. The Morgan fingerprint density at radius 1 is 1.35 bits per heavy atom. The highest BCUT2D eigenvalue weighted by atomic mass is 79.9. The third-order valence-electron chi connectivity index (χ3n) is 3.55. The average Bonchev–Trinajstić information content (AvgIpc) is 2.39. The number of nitrogens with zero attached hydrogens (tertiary/aromatic N) is 1. The van der Waals surface area contributed by atoms with E-state index in [1.807, 2.05) is 0 Å². The Morgan fingerprint density at radius 3 is 2.65 bits per heavy atom. The summed E-state index contributed by atoms with van der Waals surface area (Å²) < 4.78 is 33.1. The molecule has 20 heavy (non-hydrogen) atoms. The summed E-state index contributed by atoms with van der Waals surface area (Å²) in [5.74, 6) is -1.16. The zero-order valence-electron chi connectivity index (χ0n) is 11.3. The van der Waals surface area contributed by atoms with E-state index >= 15 is 0 Å². The summed E-state index contributed by atoms with van der Waals surface area (Å²) in [5.41, 5.74) is -0.830. The maximum atomic E-state index is 13.9. The molecular formula is C14H18BrF2NO2. The van der Waals surface area contributed by atoms with Crippen molar-refractivity contribution in [2.24, 2.45) is 0 Å². The van der Waals surface area contributed by atoms with Gasteiger partial charge in [-0.2, -0.15) is 0 Å². The molecule has 1 aliphatic rings. The summed E-state index contributed by atoms with van der Waals surface area (Å²) in [4.78, 5) is 1.74. The zero-order valence-corrected chi connectivity index (χ0v) is 12.9. The second-order valence-electron chi connectivity index (χ2n) is 5.33. The van der Waals surface area contributed by atoms with Crippen LogP contribution in [0.25, 0.3) is 0 Å². The van der Waals surface area contributed by atoms with Gasteiger partial charge < -0.3 is 9.84 Å². The molecule has 1 aliphatic heterocycles. The Kier molecular flexibility index (Phi) is 5.12. The predicted molar refractivity (Wildman–Crippen MR) is 75.4 cm³/mol. The van der Waals surface area contributed by atoms with Crippen molar-refractivity contribution in [1.29, 1.82) is 0 Å². The van der Waals surface area contributed by atoms with Gasteiger partial charge in [0.05, 0.1) is 10.1 Å². The lowest BCUT2D eigenvalue weighted by Gasteiger charge is -2.35. The maximum absolute atomic E-state index is 13.9. The van der Waals surface area contributed by atoms with Crippen molar-refractivity contribution < 1.29 is 18.6 Å². The van der Waals surface area contributed by atoms with E-state index in [9.17, 15) is 13.9 Å². The third-order valence-corrected chi connectivity index (χ3v) is 4.17. The third kappa shape index (κ3) is 3.75. The van der Waals surface area contributed by atoms with E-state index in [1.165, 1.54) is 12.1 Å². The van der Waals surface area contributed by atoms with Gasteiger partial charge in [-0.25, -0.2) is 8.78 Å². The fraction of sp³-hybridized carbons (Fsp3) is 0.571. The van der Waals surface area contributed by atoms with Crippen molar-refractivity contribution in [3.8, 4) is 0 Å². The Morgan fingerprint density at radius 2 is 2.00 bits per heavy atom. The molecule has 0 spiro atoms. The normalized spacial score (nSPS) is 18.5. The zero-order chi connectivity index (χ0) is 14.8. The molecule has 0 saturated carbocycles. The van der Waals surface area contributed by atoms with E-state index in [2.05, 4.69) is 15.9 Å². The molecule has 112 valence electrons. The minimum Gasteiger partial charge on any atom is -0.388 e. The van der Waals surface area contributed by atoms with Gasteiger partial charge in [0.1, 0.15) is 11.6 Å². The first kappa shape index (κ1) is 15.8. The molecule has 1 heterocycles. The van der Waals surface area contributed by atoms with Gasteiger partial charge in [0.2, 0.25) is 0 Å². The van der Waals surface area contributed by atoms with Gasteiger partial charge >= 0.3 is 0 Å². The van der Waals surface area contributed by atoms with Crippen LogP contribution in [0.2, 0.25) is 0 Å². The van der Waals surface area contributed by atoms with Gasteiger partial charge in [-0.1, -0.05) is 0 Å². The molecule has 1 saturated heterocycles. The van der Waals surface area contributed by atoms with Crippen LogP contribution in [0.3, 0.4) is 0 Å². The van der Waals surface area contributed by atoms with Crippen LogP contribution in [-0.4, -0.2) is 42.4 Å². The number of rotatable bonds is 4. The van der Waals surface area contributed by atoms with E-state index in [4.69, 9.17) is 4.74 Å². The molecule has 1 N–H and O–H groups in total. The fourth-order valence-electron chi connectivity index (χ4n) is 2.45. The number of hydrogen-bond acceptors (Lipinski definition) is 3. The van der Waals surface area contributed by atoms with Gasteiger partial charge in [-0.05, 0) is 35.1 Å². The van der Waals surface area contributed by atoms with E-state index < -0.39 is 17.2 Å². The predicted octanol–water partition coefficient (Wildman–Crippen LogP) is 2.70. The van der Waals surface area contributed by atoms with Crippen molar-refractivity contribution >= 4 is 15.9 Å². The Labute approximate surface area is 125 Å². The molecule has 0 aliphatic carbocycles. The second kappa shape index (κ2) is 6.47. The van der Waals surface area contributed by atoms with E-state index in [0.717, 1.165) is 0 Å². The van der Waals surface area contributed by atoms with Gasteiger partial charge in [0, 0.05) is 44.7 Å². The lowest BCUT2D eigenvalue weighted by atomic mass is 9.94. The van der Waals surface area contributed by atoms with Crippen LogP contribution in [0, 0.1) is 11.6 Å². The highest BCUT2D eigenvalue weighted by Crippen LogP contribution is 2.25. The van der Waals surface area contributed by atoms with Crippen molar-refractivity contribution in [2.75, 3.05) is 26.8 Å². The molecule has 0 bridgehead atoms. The average molecular weight is 350 g/mol. The van der Waals surface area contributed by atoms with Crippen molar-refractivity contribution in [2.45, 2.75) is 25.0 Å². The molecule has 0 atom stereocenters. The van der Waals surface area contributed by atoms with Gasteiger partial charge in [-0.3, -0.25) is 4.90 Å². The number of ether oxygens (including phenoxy) is 1. The monoisotopic (exact) mass is 349 g/mol. The first-order valence-electron chi connectivity index (χ1n) is 6.52. The van der Waals surface area contributed by atoms with Crippen LogP contribution >= 0.6 is 15.9 Å². The Bertz CT molecular complexity index is 478. The van der Waals surface area contributed by atoms with Crippen LogP contribution in [0.1, 0.15) is 18.4 Å². The number of benzene rings is 1. The molecule has 0 aromatic heterocycles. The summed E-state index contributed by atoms with van der Waals surface area (Å²) in [6.07, 6.45) is 1.08. The van der Waals surface area contributed by atoms with Crippen molar-refractivity contribution in [3.63, 3.8) is 0 Å². The molecule has 0 unspecified atom stereocenters. The Balaban J connectivity index is 2.04. The van der Waals surface area contributed by atoms with Gasteiger partial charge in [0.15, 0.2) is 0 Å². The number of likely N-dealkylation sites (N-methyl/N-ethyl adjacent to an activating group) is 1. The number of aliphatic hydroxyl groups is 1. The molecule has 6 heteroatoms. The molecule has 3 nitrogen and oxygen atoms in total. The summed E-state index contributed by atoms with van der Waals surface area (Å²) in [7, 11) is 1.74. The SMILES string of the molecule is CN(Cc1c(F)ccc(Br)c1F)CC1(O)CCOCC1. The van der Waals surface area contributed by atoms with E-state index in [1.54, 1.807) is 11.9 Å². The molecule has 2 rings (SSSR count). The lowest BCUT2D eigenvalue weighted by molar-refractivity contribution is -0.0779. The molecule has 0 radical (unpaired) electrons. The topological polar surface area (TPSA) is 32.7 Å².